The number of halogens is 1. The summed E-state index contributed by atoms with van der Waals surface area (Å²) in [5, 5.41) is 3.92. The van der Waals surface area contributed by atoms with Gasteiger partial charge in [-0.15, -0.1) is 0 Å². The van der Waals surface area contributed by atoms with E-state index in [0.717, 1.165) is 16.4 Å². The Kier molecular flexibility index (Phi) is 9.55. The predicted molar refractivity (Wildman–Crippen MR) is 142 cm³/mol. The molecule has 13 heteroatoms. The van der Waals surface area contributed by atoms with Crippen molar-refractivity contribution in [1.29, 1.82) is 0 Å². The van der Waals surface area contributed by atoms with Crippen LogP contribution in [0.3, 0.4) is 0 Å². The van der Waals surface area contributed by atoms with E-state index in [0.29, 0.717) is 28.6 Å². The van der Waals surface area contributed by atoms with Crippen molar-refractivity contribution < 1.29 is 41.3 Å². The van der Waals surface area contributed by atoms with Gasteiger partial charge in [-0.25, -0.2) is 18.2 Å². The lowest BCUT2D eigenvalue weighted by molar-refractivity contribution is -0.119. The van der Waals surface area contributed by atoms with Crippen molar-refractivity contribution in [2.24, 2.45) is 5.10 Å². The summed E-state index contributed by atoms with van der Waals surface area (Å²) in [5.41, 5.74) is 2.88. The lowest BCUT2D eigenvalue weighted by Gasteiger charge is -2.24. The van der Waals surface area contributed by atoms with Crippen LogP contribution >= 0.6 is 0 Å². The van der Waals surface area contributed by atoms with Gasteiger partial charge in [0, 0.05) is 11.6 Å². The number of nitrogens with zero attached hydrogens (tertiary/aromatic N) is 2. The summed E-state index contributed by atoms with van der Waals surface area (Å²) in [4.78, 5) is 12.6. The Morgan fingerprint density at radius 3 is 1.97 bits per heavy atom. The van der Waals surface area contributed by atoms with Gasteiger partial charge < -0.3 is 23.7 Å². The van der Waals surface area contributed by atoms with Crippen LogP contribution in [-0.2, 0) is 14.8 Å². The van der Waals surface area contributed by atoms with Gasteiger partial charge in [-0.3, -0.25) is 9.10 Å². The Morgan fingerprint density at radius 1 is 0.846 bits per heavy atom. The van der Waals surface area contributed by atoms with E-state index in [4.69, 9.17) is 23.7 Å². The normalized spacial score (nSPS) is 11.1. The smallest absolute Gasteiger partial charge is 0.264 e. The van der Waals surface area contributed by atoms with Crippen LogP contribution in [-0.4, -0.2) is 62.6 Å². The van der Waals surface area contributed by atoms with Crippen LogP contribution in [0.25, 0.3) is 0 Å². The van der Waals surface area contributed by atoms with E-state index in [2.05, 4.69) is 10.5 Å². The van der Waals surface area contributed by atoms with Crippen molar-refractivity contribution in [2.45, 2.75) is 4.90 Å². The molecule has 0 heterocycles. The lowest BCUT2D eigenvalue weighted by Crippen LogP contribution is -2.39. The minimum absolute atomic E-state index is 0.0648. The number of hydrazone groups is 1. The predicted octanol–water partition coefficient (Wildman–Crippen LogP) is 3.21. The molecule has 0 saturated carbocycles. The zero-order valence-electron chi connectivity index (χ0n) is 21.9. The molecule has 0 spiro atoms. The largest absolute Gasteiger partial charge is 0.493 e. The number of benzene rings is 3. The van der Waals surface area contributed by atoms with Crippen molar-refractivity contribution in [1.82, 2.24) is 5.43 Å². The fourth-order valence-corrected chi connectivity index (χ4v) is 4.98. The number of amides is 1. The van der Waals surface area contributed by atoms with Crippen LogP contribution in [0.1, 0.15) is 5.56 Å². The van der Waals surface area contributed by atoms with Crippen LogP contribution in [0.2, 0.25) is 0 Å². The molecule has 0 bridgehead atoms. The molecule has 1 amide bonds. The van der Waals surface area contributed by atoms with Gasteiger partial charge in [0.1, 0.15) is 12.4 Å². The fraction of sp³-hybridized carbons (Fsp3) is 0.231. The average Bonchev–Trinajstić information content (AvgIpc) is 2.95. The summed E-state index contributed by atoms with van der Waals surface area (Å²) in [6, 6.07) is 11.9. The Bertz CT molecular complexity index is 1420. The average molecular weight is 562 g/mol. The van der Waals surface area contributed by atoms with E-state index >= 15 is 0 Å². The topological polar surface area (TPSA) is 125 Å². The van der Waals surface area contributed by atoms with Crippen molar-refractivity contribution in [3.8, 4) is 28.7 Å². The maximum Gasteiger partial charge on any atom is 0.264 e. The number of hydrogen-bond acceptors (Lipinski definition) is 9. The maximum atomic E-state index is 13.6. The number of ether oxygens (including phenoxy) is 5. The molecular formula is C26H28FN3O8S. The van der Waals surface area contributed by atoms with Gasteiger partial charge in [-0.05, 0) is 48.5 Å². The molecule has 3 rings (SSSR count). The first kappa shape index (κ1) is 29.0. The SMILES string of the molecule is COc1ccc(S(=O)(=O)N(CC(=O)N/N=C\c2cc(OC)c(OC)c(OC)c2)c2ccc(F)cc2)cc1OC. The maximum absolute atomic E-state index is 13.6. The van der Waals surface area contributed by atoms with Crippen molar-refractivity contribution in [3.05, 3.63) is 66.0 Å². The molecule has 1 N–H and O–H groups in total. The van der Waals surface area contributed by atoms with Gasteiger partial charge in [0.2, 0.25) is 5.75 Å². The van der Waals surface area contributed by atoms with Crippen LogP contribution in [0.5, 0.6) is 28.7 Å². The molecule has 0 radical (unpaired) electrons. The summed E-state index contributed by atoms with van der Waals surface area (Å²) in [7, 11) is 2.87. The van der Waals surface area contributed by atoms with Gasteiger partial charge in [-0.2, -0.15) is 5.10 Å². The molecule has 0 aliphatic carbocycles. The third kappa shape index (κ3) is 6.68. The number of anilines is 1. The van der Waals surface area contributed by atoms with Gasteiger partial charge in [0.25, 0.3) is 15.9 Å². The van der Waals surface area contributed by atoms with E-state index in [9.17, 15) is 17.6 Å². The summed E-state index contributed by atoms with van der Waals surface area (Å²) in [6.07, 6.45) is 1.33. The molecule has 0 unspecified atom stereocenters. The van der Waals surface area contributed by atoms with Crippen LogP contribution in [0.15, 0.2) is 64.6 Å². The number of sulfonamides is 1. The van der Waals surface area contributed by atoms with Crippen LogP contribution < -0.4 is 33.4 Å². The number of carbonyl (C=O) groups is 1. The Balaban J connectivity index is 1.89. The molecule has 208 valence electrons. The van der Waals surface area contributed by atoms with Gasteiger partial charge >= 0.3 is 0 Å². The number of nitrogens with one attached hydrogen (secondary N) is 1. The number of carbonyl (C=O) groups excluding carboxylic acids is 1. The highest BCUT2D eigenvalue weighted by atomic mass is 32.2. The Hall–Kier alpha value is -4.52. The third-order valence-corrected chi connectivity index (χ3v) is 7.20. The third-order valence-electron chi connectivity index (χ3n) is 5.43. The highest BCUT2D eigenvalue weighted by Gasteiger charge is 2.28. The standard InChI is InChI=1S/C26H28FN3O8S/c1-34-21-11-10-20(14-22(21)35-2)39(32,33)30(19-8-6-18(27)7-9-19)16-25(31)29-28-15-17-12-23(36-3)26(38-5)24(13-17)37-4/h6-15H,16H2,1-5H3,(H,29,31)/b28-15-. The van der Waals surface area contributed by atoms with Crippen LogP contribution in [0, 0.1) is 5.82 Å². The lowest BCUT2D eigenvalue weighted by atomic mass is 10.2. The second-order valence-electron chi connectivity index (χ2n) is 7.76. The Labute approximate surface area is 225 Å². The van der Waals surface area contributed by atoms with Gasteiger partial charge in [0.15, 0.2) is 23.0 Å². The molecule has 0 fully saturated rings. The minimum Gasteiger partial charge on any atom is -0.493 e. The summed E-state index contributed by atoms with van der Waals surface area (Å²) < 4.78 is 67.9. The van der Waals surface area contributed by atoms with E-state index < -0.39 is 28.3 Å². The molecule has 0 atom stereocenters. The monoisotopic (exact) mass is 561 g/mol. The second kappa shape index (κ2) is 12.8. The quantitative estimate of drug-likeness (QED) is 0.264. The summed E-state index contributed by atoms with van der Waals surface area (Å²) >= 11 is 0. The van der Waals surface area contributed by atoms with Crippen molar-refractivity contribution >= 4 is 27.8 Å². The highest BCUT2D eigenvalue weighted by molar-refractivity contribution is 7.92. The minimum atomic E-state index is -4.31. The number of hydrogen-bond donors (Lipinski definition) is 1. The van der Waals surface area contributed by atoms with E-state index in [1.165, 1.54) is 72.1 Å². The molecule has 0 aliphatic rings. The highest BCUT2D eigenvalue weighted by Crippen LogP contribution is 2.37. The molecule has 0 aliphatic heterocycles. The second-order valence-corrected chi connectivity index (χ2v) is 9.62. The van der Waals surface area contributed by atoms with E-state index in [1.807, 2.05) is 0 Å². The number of rotatable bonds is 12. The molecule has 3 aromatic rings. The molecule has 39 heavy (non-hydrogen) atoms. The molecule has 11 nitrogen and oxygen atoms in total. The summed E-state index contributed by atoms with van der Waals surface area (Å²) in [6.45, 7) is -0.658. The molecule has 0 saturated heterocycles. The first-order valence-corrected chi connectivity index (χ1v) is 12.7. The molecule has 3 aromatic carbocycles. The number of methoxy groups -OCH3 is 5. The summed E-state index contributed by atoms with van der Waals surface area (Å²) in [5.74, 6) is 0.326. The zero-order valence-corrected chi connectivity index (χ0v) is 22.7. The molecule has 0 aromatic heterocycles. The van der Waals surface area contributed by atoms with Gasteiger partial charge in [-0.1, -0.05) is 0 Å². The molecular weight excluding hydrogens is 533 g/mol. The van der Waals surface area contributed by atoms with E-state index in [-0.39, 0.29) is 16.3 Å². The first-order valence-electron chi connectivity index (χ1n) is 11.3. The zero-order chi connectivity index (χ0) is 28.6. The van der Waals surface area contributed by atoms with Crippen molar-refractivity contribution in [3.63, 3.8) is 0 Å². The first-order chi connectivity index (χ1) is 18.7. The van der Waals surface area contributed by atoms with Crippen molar-refractivity contribution in [2.75, 3.05) is 46.4 Å². The van der Waals surface area contributed by atoms with Crippen LogP contribution in [0.4, 0.5) is 10.1 Å². The fourth-order valence-electron chi connectivity index (χ4n) is 3.55. The van der Waals surface area contributed by atoms with E-state index in [1.54, 1.807) is 12.1 Å². The van der Waals surface area contributed by atoms with Gasteiger partial charge in [0.05, 0.1) is 52.3 Å². The Morgan fingerprint density at radius 2 is 1.44 bits per heavy atom.